The van der Waals surface area contributed by atoms with Gasteiger partial charge in [-0.2, -0.15) is 0 Å². The van der Waals surface area contributed by atoms with Crippen LogP contribution in [-0.4, -0.2) is 17.4 Å². The number of hydrogen-bond donors (Lipinski definition) is 1. The number of benzene rings is 1. The highest BCUT2D eigenvalue weighted by atomic mass is 35.5. The van der Waals surface area contributed by atoms with E-state index in [2.05, 4.69) is 5.32 Å². The zero-order valence-corrected chi connectivity index (χ0v) is 11.3. The molecule has 1 atom stereocenters. The van der Waals surface area contributed by atoms with Crippen molar-refractivity contribution in [1.82, 2.24) is 10.2 Å². The molecule has 20 heavy (non-hydrogen) atoms. The molecule has 3 rings (SSSR count). The van der Waals surface area contributed by atoms with E-state index in [1.54, 1.807) is 24.0 Å². The second-order valence-electron chi connectivity index (χ2n) is 4.94. The van der Waals surface area contributed by atoms with Gasteiger partial charge in [-0.1, -0.05) is 11.6 Å². The molecular weight excluding hydrogens is 286 g/mol. The first kappa shape index (κ1) is 13.1. The zero-order chi connectivity index (χ0) is 14.5. The third-order valence-electron chi connectivity index (χ3n) is 3.58. The van der Waals surface area contributed by atoms with E-state index in [4.69, 9.17) is 11.6 Å². The Hall–Kier alpha value is -1.88. The molecular formula is C14H11ClF2N2O. The van der Waals surface area contributed by atoms with E-state index in [1.165, 1.54) is 12.1 Å². The van der Waals surface area contributed by atoms with E-state index in [0.717, 1.165) is 6.07 Å². The first-order valence-corrected chi connectivity index (χ1v) is 6.41. The highest BCUT2D eigenvalue weighted by Crippen LogP contribution is 2.37. The number of rotatable bonds is 1. The van der Waals surface area contributed by atoms with E-state index in [9.17, 15) is 13.6 Å². The fourth-order valence-electron chi connectivity index (χ4n) is 2.56. The molecule has 2 heterocycles. The van der Waals surface area contributed by atoms with Gasteiger partial charge in [0.05, 0.1) is 6.54 Å². The Morgan fingerprint density at radius 2 is 1.90 bits per heavy atom. The van der Waals surface area contributed by atoms with Crippen molar-refractivity contribution in [3.05, 3.63) is 58.3 Å². The molecule has 1 saturated heterocycles. The molecule has 2 aliphatic heterocycles. The van der Waals surface area contributed by atoms with Gasteiger partial charge >= 0.3 is 0 Å². The molecule has 1 aromatic carbocycles. The predicted molar refractivity (Wildman–Crippen MR) is 70.6 cm³/mol. The molecule has 1 fully saturated rings. The van der Waals surface area contributed by atoms with Crippen LogP contribution in [0.5, 0.6) is 0 Å². The van der Waals surface area contributed by atoms with Gasteiger partial charge in [-0.05, 0) is 31.2 Å². The lowest BCUT2D eigenvalue weighted by molar-refractivity contribution is -0.117. The number of carbonyl (C=O) groups excluding carboxylic acids is 1. The van der Waals surface area contributed by atoms with Crippen molar-refractivity contribution in [2.75, 3.05) is 6.54 Å². The van der Waals surface area contributed by atoms with E-state index < -0.39 is 17.3 Å². The Morgan fingerprint density at radius 1 is 1.25 bits per heavy atom. The Kier molecular flexibility index (Phi) is 2.83. The standard InChI is InChI=1S/C14H11ClF2N2O/c1-14(8-4-10(16)6-11(17)5-8)18-13(20)12-3-2-9(15)7-19(12)14/h2-6H,7H2,1H3,(H,18,20). The van der Waals surface area contributed by atoms with Crippen LogP contribution in [-0.2, 0) is 10.5 Å². The van der Waals surface area contributed by atoms with Crippen LogP contribution in [0.1, 0.15) is 12.5 Å². The third-order valence-corrected chi connectivity index (χ3v) is 3.82. The number of nitrogens with one attached hydrogen (secondary N) is 1. The SMILES string of the molecule is CC1(c2cc(F)cc(F)c2)NC(=O)C2=CC=C(Cl)CN21. The molecule has 104 valence electrons. The smallest absolute Gasteiger partial charge is 0.269 e. The average molecular weight is 297 g/mol. The van der Waals surface area contributed by atoms with Crippen LogP contribution >= 0.6 is 11.6 Å². The van der Waals surface area contributed by atoms with Gasteiger partial charge < -0.3 is 10.2 Å². The average Bonchev–Trinajstić information content (AvgIpc) is 2.61. The Bertz CT molecular complexity index is 651. The molecule has 1 unspecified atom stereocenters. The van der Waals surface area contributed by atoms with E-state index in [0.29, 0.717) is 22.8 Å². The van der Waals surface area contributed by atoms with Gasteiger partial charge in [0.2, 0.25) is 0 Å². The van der Waals surface area contributed by atoms with Crippen molar-refractivity contribution in [2.24, 2.45) is 0 Å². The molecule has 3 nitrogen and oxygen atoms in total. The van der Waals surface area contributed by atoms with Crippen molar-refractivity contribution in [2.45, 2.75) is 12.6 Å². The zero-order valence-electron chi connectivity index (χ0n) is 10.6. The second kappa shape index (κ2) is 4.31. The maximum Gasteiger partial charge on any atom is 0.269 e. The first-order valence-electron chi connectivity index (χ1n) is 6.03. The van der Waals surface area contributed by atoms with Gasteiger partial charge in [0, 0.05) is 16.7 Å². The summed E-state index contributed by atoms with van der Waals surface area (Å²) in [5.74, 6) is -1.67. The Balaban J connectivity index is 2.11. The largest absolute Gasteiger partial charge is 0.335 e. The number of nitrogens with zero attached hydrogens (tertiary/aromatic N) is 1. The summed E-state index contributed by atoms with van der Waals surface area (Å²) in [6.45, 7) is 2.00. The van der Waals surface area contributed by atoms with Gasteiger partial charge in [-0.25, -0.2) is 8.78 Å². The van der Waals surface area contributed by atoms with Crippen molar-refractivity contribution in [3.8, 4) is 0 Å². The Morgan fingerprint density at radius 3 is 2.55 bits per heavy atom. The summed E-state index contributed by atoms with van der Waals surface area (Å²) in [5.41, 5.74) is -0.264. The molecule has 1 aromatic rings. The quantitative estimate of drug-likeness (QED) is 0.864. The van der Waals surface area contributed by atoms with Crippen LogP contribution in [0.15, 0.2) is 41.1 Å². The molecule has 0 bridgehead atoms. The lowest BCUT2D eigenvalue weighted by Gasteiger charge is -2.37. The highest BCUT2D eigenvalue weighted by molar-refractivity contribution is 6.30. The number of allylic oxidation sites excluding steroid dienone is 2. The van der Waals surface area contributed by atoms with Gasteiger partial charge in [-0.3, -0.25) is 4.79 Å². The van der Waals surface area contributed by atoms with Gasteiger partial charge in [0.15, 0.2) is 0 Å². The maximum absolute atomic E-state index is 13.4. The lowest BCUT2D eigenvalue weighted by Crippen LogP contribution is -2.47. The minimum Gasteiger partial charge on any atom is -0.335 e. The van der Waals surface area contributed by atoms with Crippen molar-refractivity contribution in [3.63, 3.8) is 0 Å². The topological polar surface area (TPSA) is 32.3 Å². The maximum atomic E-state index is 13.4. The summed E-state index contributed by atoms with van der Waals surface area (Å²) in [7, 11) is 0. The summed E-state index contributed by atoms with van der Waals surface area (Å²) < 4.78 is 26.9. The summed E-state index contributed by atoms with van der Waals surface area (Å²) >= 11 is 6.00. The van der Waals surface area contributed by atoms with E-state index in [1.807, 2.05) is 0 Å². The third kappa shape index (κ3) is 1.89. The molecule has 0 spiro atoms. The first-order chi connectivity index (χ1) is 9.40. The van der Waals surface area contributed by atoms with Crippen LogP contribution in [0.3, 0.4) is 0 Å². The second-order valence-corrected chi connectivity index (χ2v) is 5.42. The fraction of sp³-hybridized carbons (Fsp3) is 0.214. The summed E-state index contributed by atoms with van der Waals surface area (Å²) in [5, 5.41) is 3.31. The number of halogens is 3. The number of fused-ring (bicyclic) bond motifs is 1. The van der Waals surface area contributed by atoms with Crippen LogP contribution in [0.4, 0.5) is 8.78 Å². The molecule has 0 aliphatic carbocycles. The van der Waals surface area contributed by atoms with Crippen molar-refractivity contribution < 1.29 is 13.6 Å². The van der Waals surface area contributed by atoms with Gasteiger partial charge in [0.1, 0.15) is 23.0 Å². The minimum absolute atomic E-state index is 0.294. The summed E-state index contributed by atoms with van der Waals surface area (Å²) in [6.07, 6.45) is 3.24. The number of hydrogen-bond acceptors (Lipinski definition) is 2. The number of carbonyl (C=O) groups is 1. The van der Waals surface area contributed by atoms with Crippen LogP contribution in [0.2, 0.25) is 0 Å². The summed E-state index contributed by atoms with van der Waals surface area (Å²) in [4.78, 5) is 13.7. The molecule has 1 amide bonds. The van der Waals surface area contributed by atoms with Crippen molar-refractivity contribution in [1.29, 1.82) is 0 Å². The van der Waals surface area contributed by atoms with Gasteiger partial charge in [-0.15, -0.1) is 0 Å². The molecule has 1 N–H and O–H groups in total. The normalized spacial score (nSPS) is 25.0. The number of amides is 1. The molecule has 6 heteroatoms. The highest BCUT2D eigenvalue weighted by Gasteiger charge is 2.46. The monoisotopic (exact) mass is 296 g/mol. The predicted octanol–water partition coefficient (Wildman–Crippen LogP) is 2.59. The van der Waals surface area contributed by atoms with Crippen LogP contribution < -0.4 is 5.32 Å². The van der Waals surface area contributed by atoms with E-state index >= 15 is 0 Å². The molecule has 2 aliphatic rings. The summed E-state index contributed by atoms with van der Waals surface area (Å²) in [6, 6.07) is 3.21. The minimum atomic E-state index is -1.03. The lowest BCUT2D eigenvalue weighted by atomic mass is 9.99. The van der Waals surface area contributed by atoms with Crippen LogP contribution in [0, 0.1) is 11.6 Å². The van der Waals surface area contributed by atoms with E-state index in [-0.39, 0.29) is 5.91 Å². The molecule has 0 aromatic heterocycles. The Labute approximate surface area is 119 Å². The van der Waals surface area contributed by atoms with Crippen molar-refractivity contribution >= 4 is 17.5 Å². The fourth-order valence-corrected chi connectivity index (χ4v) is 2.74. The van der Waals surface area contributed by atoms with Gasteiger partial charge in [0.25, 0.3) is 5.91 Å². The molecule has 0 radical (unpaired) electrons. The van der Waals surface area contributed by atoms with Crippen LogP contribution in [0.25, 0.3) is 0 Å². The molecule has 0 saturated carbocycles.